The number of aryl methyl sites for hydroxylation is 1. The van der Waals surface area contributed by atoms with Crippen LogP contribution in [0.2, 0.25) is 0 Å². The van der Waals surface area contributed by atoms with Crippen molar-refractivity contribution in [3.8, 4) is 11.4 Å². The predicted octanol–water partition coefficient (Wildman–Crippen LogP) is 3.91. The molecule has 122 valence electrons. The number of fused-ring (bicyclic) bond motifs is 1. The minimum Gasteiger partial charge on any atom is -0.327 e. The zero-order chi connectivity index (χ0) is 17.2. The second kappa shape index (κ2) is 6.21. The van der Waals surface area contributed by atoms with Crippen molar-refractivity contribution in [2.24, 2.45) is 0 Å². The smallest absolute Gasteiger partial charge is 0.189 e. The van der Waals surface area contributed by atoms with Crippen LogP contribution in [-0.4, -0.2) is 24.1 Å². The van der Waals surface area contributed by atoms with Crippen molar-refractivity contribution in [3.05, 3.63) is 72.4 Å². The van der Waals surface area contributed by atoms with Crippen molar-refractivity contribution in [1.82, 2.24) is 24.1 Å². The molecule has 0 N–H and O–H groups in total. The maximum absolute atomic E-state index is 7.18. The SMILES string of the molecule is [C-]#[N+]c1ccc2c(c1)nc(Cn1ccnc1-c1cccnc1)n2CC. The van der Waals surface area contributed by atoms with Crippen molar-refractivity contribution in [1.29, 1.82) is 0 Å². The summed E-state index contributed by atoms with van der Waals surface area (Å²) >= 11 is 0. The Bertz CT molecular complexity index is 1070. The number of hydrogen-bond donors (Lipinski definition) is 0. The lowest BCUT2D eigenvalue weighted by atomic mass is 10.2. The van der Waals surface area contributed by atoms with Gasteiger partial charge in [-0.25, -0.2) is 14.8 Å². The summed E-state index contributed by atoms with van der Waals surface area (Å²) in [4.78, 5) is 16.9. The molecule has 0 saturated carbocycles. The Morgan fingerprint density at radius 1 is 1.20 bits per heavy atom. The first-order chi connectivity index (χ1) is 12.3. The lowest BCUT2D eigenvalue weighted by Gasteiger charge is -2.09. The van der Waals surface area contributed by atoms with Crippen LogP contribution >= 0.6 is 0 Å². The van der Waals surface area contributed by atoms with Crippen LogP contribution in [0, 0.1) is 6.57 Å². The normalized spacial score (nSPS) is 10.9. The number of pyridine rings is 1. The molecule has 1 aromatic carbocycles. The van der Waals surface area contributed by atoms with Crippen LogP contribution in [0.5, 0.6) is 0 Å². The number of benzene rings is 1. The Kier molecular flexibility index (Phi) is 3.75. The van der Waals surface area contributed by atoms with Gasteiger partial charge in [0.1, 0.15) is 11.6 Å². The molecule has 6 nitrogen and oxygen atoms in total. The first kappa shape index (κ1) is 15.1. The van der Waals surface area contributed by atoms with Gasteiger partial charge in [0.25, 0.3) is 0 Å². The van der Waals surface area contributed by atoms with E-state index in [0.29, 0.717) is 12.2 Å². The van der Waals surface area contributed by atoms with Crippen molar-refractivity contribution < 1.29 is 0 Å². The van der Waals surface area contributed by atoms with Gasteiger partial charge in [0.15, 0.2) is 5.69 Å². The summed E-state index contributed by atoms with van der Waals surface area (Å²) in [6, 6.07) is 9.55. The number of rotatable bonds is 4. The summed E-state index contributed by atoms with van der Waals surface area (Å²) in [6.45, 7) is 10.7. The second-order valence-electron chi connectivity index (χ2n) is 5.68. The van der Waals surface area contributed by atoms with Gasteiger partial charge >= 0.3 is 0 Å². The lowest BCUT2D eigenvalue weighted by Crippen LogP contribution is -2.08. The molecule has 0 unspecified atom stereocenters. The zero-order valence-corrected chi connectivity index (χ0v) is 13.8. The molecule has 3 heterocycles. The third-order valence-electron chi connectivity index (χ3n) is 4.20. The van der Waals surface area contributed by atoms with E-state index in [1.54, 1.807) is 12.4 Å². The van der Waals surface area contributed by atoms with E-state index in [9.17, 15) is 0 Å². The first-order valence-electron chi connectivity index (χ1n) is 8.08. The van der Waals surface area contributed by atoms with Gasteiger partial charge in [-0.15, -0.1) is 0 Å². The number of imidazole rings is 2. The third-order valence-corrected chi connectivity index (χ3v) is 4.20. The molecule has 6 heteroatoms. The monoisotopic (exact) mass is 328 g/mol. The average Bonchev–Trinajstić information content (AvgIpc) is 3.25. The Morgan fingerprint density at radius 2 is 2.12 bits per heavy atom. The highest BCUT2D eigenvalue weighted by Gasteiger charge is 2.13. The highest BCUT2D eigenvalue weighted by molar-refractivity contribution is 5.80. The van der Waals surface area contributed by atoms with E-state index in [1.807, 2.05) is 42.7 Å². The van der Waals surface area contributed by atoms with Gasteiger partial charge < -0.3 is 9.13 Å². The van der Waals surface area contributed by atoms with Gasteiger partial charge in [0.2, 0.25) is 0 Å². The topological polar surface area (TPSA) is 52.9 Å². The summed E-state index contributed by atoms with van der Waals surface area (Å²) < 4.78 is 4.25. The largest absolute Gasteiger partial charge is 0.327 e. The van der Waals surface area contributed by atoms with Gasteiger partial charge in [-0.05, 0) is 31.2 Å². The Hall–Kier alpha value is -3.46. The molecule has 0 radical (unpaired) electrons. The summed E-state index contributed by atoms with van der Waals surface area (Å²) in [5.41, 5.74) is 3.49. The molecule has 0 amide bonds. The molecule has 0 saturated heterocycles. The number of aromatic nitrogens is 5. The fraction of sp³-hybridized carbons (Fsp3) is 0.158. The minimum atomic E-state index is 0.610. The first-order valence-corrected chi connectivity index (χ1v) is 8.08. The summed E-state index contributed by atoms with van der Waals surface area (Å²) in [7, 11) is 0. The van der Waals surface area contributed by atoms with Crippen molar-refractivity contribution in [2.45, 2.75) is 20.0 Å². The fourth-order valence-corrected chi connectivity index (χ4v) is 3.06. The fourth-order valence-electron chi connectivity index (χ4n) is 3.06. The van der Waals surface area contributed by atoms with Crippen LogP contribution in [0.15, 0.2) is 55.1 Å². The quantitative estimate of drug-likeness (QED) is 0.534. The average molecular weight is 328 g/mol. The number of hydrogen-bond acceptors (Lipinski definition) is 3. The molecule has 4 aromatic rings. The Balaban J connectivity index is 1.77. The van der Waals surface area contributed by atoms with Gasteiger partial charge in [0, 0.05) is 36.9 Å². The molecule has 0 aliphatic heterocycles. The zero-order valence-electron chi connectivity index (χ0n) is 13.8. The molecule has 0 aliphatic rings. The molecule has 0 atom stereocenters. The standard InChI is InChI=1S/C19H16N6/c1-3-25-17-7-6-15(20-2)11-16(17)23-18(25)13-24-10-9-22-19(24)14-5-4-8-21-12-14/h4-12H,3,13H2,1H3. The molecule has 4 rings (SSSR count). The van der Waals surface area contributed by atoms with Crippen LogP contribution in [0.1, 0.15) is 12.7 Å². The van der Waals surface area contributed by atoms with Crippen LogP contribution in [0.3, 0.4) is 0 Å². The van der Waals surface area contributed by atoms with Crippen LogP contribution in [-0.2, 0) is 13.1 Å². The van der Waals surface area contributed by atoms with E-state index in [-0.39, 0.29) is 0 Å². The summed E-state index contributed by atoms with van der Waals surface area (Å²) in [6.07, 6.45) is 7.30. The number of nitrogens with zero attached hydrogens (tertiary/aromatic N) is 6. The molecular weight excluding hydrogens is 312 g/mol. The second-order valence-corrected chi connectivity index (χ2v) is 5.68. The van der Waals surface area contributed by atoms with Gasteiger partial charge in [-0.3, -0.25) is 4.98 Å². The van der Waals surface area contributed by atoms with Crippen LogP contribution in [0.25, 0.3) is 27.3 Å². The third kappa shape index (κ3) is 2.66. The molecule has 0 fully saturated rings. The summed E-state index contributed by atoms with van der Waals surface area (Å²) in [5, 5.41) is 0. The highest BCUT2D eigenvalue weighted by atomic mass is 15.1. The van der Waals surface area contributed by atoms with Gasteiger partial charge in [-0.2, -0.15) is 0 Å². The maximum Gasteiger partial charge on any atom is 0.189 e. The predicted molar refractivity (Wildman–Crippen MR) is 96.2 cm³/mol. The molecule has 3 aromatic heterocycles. The summed E-state index contributed by atoms with van der Waals surface area (Å²) in [5.74, 6) is 1.81. The van der Waals surface area contributed by atoms with E-state index in [0.717, 1.165) is 34.8 Å². The molecule has 0 aliphatic carbocycles. The maximum atomic E-state index is 7.18. The molecular formula is C19H16N6. The van der Waals surface area contributed by atoms with E-state index in [1.165, 1.54) is 0 Å². The van der Waals surface area contributed by atoms with Crippen LogP contribution < -0.4 is 0 Å². The van der Waals surface area contributed by atoms with E-state index in [4.69, 9.17) is 11.6 Å². The molecule has 0 bridgehead atoms. The van der Waals surface area contributed by atoms with Crippen molar-refractivity contribution in [2.75, 3.05) is 0 Å². The van der Waals surface area contributed by atoms with E-state index >= 15 is 0 Å². The highest BCUT2D eigenvalue weighted by Crippen LogP contribution is 2.24. The van der Waals surface area contributed by atoms with Crippen LogP contribution in [0.4, 0.5) is 5.69 Å². The van der Waals surface area contributed by atoms with E-state index < -0.39 is 0 Å². The van der Waals surface area contributed by atoms with Gasteiger partial charge in [0.05, 0.1) is 24.2 Å². The molecule has 25 heavy (non-hydrogen) atoms. The Labute approximate surface area is 145 Å². The molecule has 0 spiro atoms. The van der Waals surface area contributed by atoms with Crippen molar-refractivity contribution in [3.63, 3.8) is 0 Å². The Morgan fingerprint density at radius 3 is 2.88 bits per heavy atom. The van der Waals surface area contributed by atoms with Gasteiger partial charge in [-0.1, -0.05) is 6.07 Å². The van der Waals surface area contributed by atoms with E-state index in [2.05, 4.69) is 30.9 Å². The van der Waals surface area contributed by atoms with Crippen molar-refractivity contribution >= 4 is 16.7 Å². The lowest BCUT2D eigenvalue weighted by molar-refractivity contribution is 0.667. The minimum absolute atomic E-state index is 0.610.